The zero-order valence-electron chi connectivity index (χ0n) is 15.7. The van der Waals surface area contributed by atoms with Crippen molar-refractivity contribution in [3.8, 4) is 0 Å². The Hall–Kier alpha value is -2.02. The molecule has 1 aromatic heterocycles. The minimum atomic E-state index is -0.0496. The Bertz CT molecular complexity index is 643. The molecule has 2 amide bonds. The van der Waals surface area contributed by atoms with E-state index in [0.717, 1.165) is 44.5 Å². The Labute approximate surface area is 155 Å². The van der Waals surface area contributed by atoms with Gasteiger partial charge in [0.1, 0.15) is 6.33 Å². The van der Waals surface area contributed by atoms with E-state index in [9.17, 15) is 9.59 Å². The number of likely N-dealkylation sites (tertiary alicyclic amines) is 1. The molecule has 0 radical (unpaired) electrons. The average Bonchev–Trinajstić information content (AvgIpc) is 3.20. The number of amides is 2. The normalized spacial score (nSPS) is 23.3. The molecule has 7 heteroatoms. The lowest BCUT2D eigenvalue weighted by molar-refractivity contribution is -0.123. The predicted molar refractivity (Wildman–Crippen MR) is 98.8 cm³/mol. The molecule has 2 aliphatic rings. The van der Waals surface area contributed by atoms with Crippen molar-refractivity contribution in [2.45, 2.75) is 51.5 Å². The fourth-order valence-electron chi connectivity index (χ4n) is 3.83. The molecule has 2 fully saturated rings. The lowest BCUT2D eigenvalue weighted by Crippen LogP contribution is -2.46. The largest absolute Gasteiger partial charge is 0.354 e. The second-order valence-corrected chi connectivity index (χ2v) is 7.63. The van der Waals surface area contributed by atoms with Crippen LogP contribution in [0, 0.1) is 5.92 Å². The molecule has 0 saturated carbocycles. The maximum absolute atomic E-state index is 13.0. The van der Waals surface area contributed by atoms with Crippen LogP contribution in [0.15, 0.2) is 12.5 Å². The van der Waals surface area contributed by atoms with Crippen molar-refractivity contribution < 1.29 is 9.59 Å². The van der Waals surface area contributed by atoms with Crippen LogP contribution in [-0.2, 0) is 4.79 Å². The highest BCUT2D eigenvalue weighted by molar-refractivity contribution is 5.95. The summed E-state index contributed by atoms with van der Waals surface area (Å²) in [5, 5.41) is 6.28. The smallest absolute Gasteiger partial charge is 0.257 e. The van der Waals surface area contributed by atoms with Crippen LogP contribution in [0.2, 0.25) is 0 Å². The quantitative estimate of drug-likeness (QED) is 0.828. The molecule has 3 heterocycles. The summed E-state index contributed by atoms with van der Waals surface area (Å²) in [4.78, 5) is 35.4. The highest BCUT2D eigenvalue weighted by Gasteiger charge is 2.28. The minimum absolute atomic E-state index is 0.00258. The van der Waals surface area contributed by atoms with Crippen molar-refractivity contribution in [1.29, 1.82) is 0 Å². The number of carbonyl (C=O) groups is 2. The lowest BCUT2D eigenvalue weighted by Gasteiger charge is -2.33. The van der Waals surface area contributed by atoms with Crippen LogP contribution < -0.4 is 10.6 Å². The zero-order chi connectivity index (χ0) is 18.5. The predicted octanol–water partition coefficient (Wildman–Crippen LogP) is 1.32. The summed E-state index contributed by atoms with van der Waals surface area (Å²) in [6, 6.07) is -0.0496. The third-order valence-corrected chi connectivity index (χ3v) is 5.27. The number of carbonyl (C=O) groups excluding carboxylic acids is 2. The van der Waals surface area contributed by atoms with E-state index in [0.29, 0.717) is 24.6 Å². The first-order valence-electron chi connectivity index (χ1n) is 9.66. The maximum atomic E-state index is 13.0. The number of piperidine rings is 1. The SMILES string of the molecule is CC(C)c1ncncc1C(=O)N1CCCC(CNC(=O)C2CCCN2)C1. The molecule has 2 N–H and O–H groups in total. The molecule has 0 bridgehead atoms. The van der Waals surface area contributed by atoms with Gasteiger partial charge in [-0.1, -0.05) is 13.8 Å². The van der Waals surface area contributed by atoms with Gasteiger partial charge in [0.2, 0.25) is 5.91 Å². The summed E-state index contributed by atoms with van der Waals surface area (Å²) in [7, 11) is 0. The van der Waals surface area contributed by atoms with Crippen LogP contribution in [0.5, 0.6) is 0 Å². The van der Waals surface area contributed by atoms with Gasteiger partial charge >= 0.3 is 0 Å². The molecule has 0 spiro atoms. The molecule has 2 atom stereocenters. The van der Waals surface area contributed by atoms with E-state index in [1.807, 2.05) is 18.7 Å². The first-order chi connectivity index (χ1) is 12.6. The molecule has 3 rings (SSSR count). The molecule has 1 aromatic rings. The third-order valence-electron chi connectivity index (χ3n) is 5.27. The van der Waals surface area contributed by atoms with Crippen LogP contribution in [-0.4, -0.2) is 58.9 Å². The second-order valence-electron chi connectivity index (χ2n) is 7.63. The molecule has 0 aliphatic carbocycles. The summed E-state index contributed by atoms with van der Waals surface area (Å²) in [5.74, 6) is 0.563. The number of aromatic nitrogens is 2. The van der Waals surface area contributed by atoms with E-state index in [2.05, 4.69) is 20.6 Å². The maximum Gasteiger partial charge on any atom is 0.257 e. The lowest BCUT2D eigenvalue weighted by atomic mass is 9.96. The van der Waals surface area contributed by atoms with Gasteiger partial charge in [-0.25, -0.2) is 9.97 Å². The summed E-state index contributed by atoms with van der Waals surface area (Å²) >= 11 is 0. The van der Waals surface area contributed by atoms with Gasteiger partial charge in [0.25, 0.3) is 5.91 Å². The van der Waals surface area contributed by atoms with Crippen LogP contribution in [0.1, 0.15) is 61.5 Å². The van der Waals surface area contributed by atoms with Crippen molar-refractivity contribution in [2.24, 2.45) is 5.92 Å². The Morgan fingerprint density at radius 1 is 1.35 bits per heavy atom. The van der Waals surface area contributed by atoms with Crippen molar-refractivity contribution in [2.75, 3.05) is 26.2 Å². The van der Waals surface area contributed by atoms with E-state index >= 15 is 0 Å². The van der Waals surface area contributed by atoms with Crippen molar-refractivity contribution >= 4 is 11.8 Å². The molecule has 7 nitrogen and oxygen atoms in total. The summed E-state index contributed by atoms with van der Waals surface area (Å²) in [6.07, 6.45) is 7.08. The number of nitrogens with zero attached hydrogens (tertiary/aromatic N) is 3. The number of hydrogen-bond acceptors (Lipinski definition) is 5. The Kier molecular flexibility index (Phi) is 6.19. The molecule has 26 heavy (non-hydrogen) atoms. The van der Waals surface area contributed by atoms with Gasteiger partial charge in [-0.3, -0.25) is 9.59 Å². The molecular weight excluding hydrogens is 330 g/mol. The first kappa shape index (κ1) is 18.8. The Morgan fingerprint density at radius 2 is 2.19 bits per heavy atom. The fourth-order valence-corrected chi connectivity index (χ4v) is 3.83. The molecule has 2 unspecified atom stereocenters. The highest BCUT2D eigenvalue weighted by Crippen LogP contribution is 2.22. The first-order valence-corrected chi connectivity index (χ1v) is 9.66. The third kappa shape index (κ3) is 4.38. The van der Waals surface area contributed by atoms with E-state index in [4.69, 9.17) is 0 Å². The number of rotatable bonds is 5. The Morgan fingerprint density at radius 3 is 2.92 bits per heavy atom. The minimum Gasteiger partial charge on any atom is -0.354 e. The van der Waals surface area contributed by atoms with Crippen molar-refractivity contribution in [1.82, 2.24) is 25.5 Å². The zero-order valence-corrected chi connectivity index (χ0v) is 15.7. The number of hydrogen-bond donors (Lipinski definition) is 2. The molecular formula is C19H29N5O2. The van der Waals surface area contributed by atoms with E-state index in [1.165, 1.54) is 6.33 Å². The summed E-state index contributed by atoms with van der Waals surface area (Å²) in [6.45, 7) is 7.03. The van der Waals surface area contributed by atoms with Crippen molar-refractivity contribution in [3.63, 3.8) is 0 Å². The molecule has 142 valence electrons. The Balaban J connectivity index is 1.58. The van der Waals surface area contributed by atoms with E-state index < -0.39 is 0 Å². The number of nitrogens with one attached hydrogen (secondary N) is 2. The van der Waals surface area contributed by atoms with Gasteiger partial charge in [0.15, 0.2) is 0 Å². The van der Waals surface area contributed by atoms with Crippen LogP contribution in [0.25, 0.3) is 0 Å². The standard InChI is InChI=1S/C19H29N5O2/c1-13(2)17-15(10-20-12-23-17)19(26)24-8-4-5-14(11-24)9-22-18(25)16-6-3-7-21-16/h10,12-14,16,21H,3-9,11H2,1-2H3,(H,22,25). The fraction of sp³-hybridized carbons (Fsp3) is 0.684. The van der Waals surface area contributed by atoms with Gasteiger partial charge in [0, 0.05) is 25.8 Å². The molecule has 0 aromatic carbocycles. The highest BCUT2D eigenvalue weighted by atomic mass is 16.2. The van der Waals surface area contributed by atoms with Gasteiger partial charge in [-0.15, -0.1) is 0 Å². The topological polar surface area (TPSA) is 87.2 Å². The van der Waals surface area contributed by atoms with E-state index in [1.54, 1.807) is 6.20 Å². The van der Waals surface area contributed by atoms with Crippen LogP contribution in [0.4, 0.5) is 0 Å². The van der Waals surface area contributed by atoms with Gasteiger partial charge < -0.3 is 15.5 Å². The van der Waals surface area contributed by atoms with Gasteiger partial charge in [-0.05, 0) is 44.1 Å². The molecule has 2 aliphatic heterocycles. The summed E-state index contributed by atoms with van der Waals surface area (Å²) in [5.41, 5.74) is 1.40. The second kappa shape index (κ2) is 8.58. The van der Waals surface area contributed by atoms with Gasteiger partial charge in [-0.2, -0.15) is 0 Å². The summed E-state index contributed by atoms with van der Waals surface area (Å²) < 4.78 is 0. The van der Waals surface area contributed by atoms with E-state index in [-0.39, 0.29) is 23.8 Å². The van der Waals surface area contributed by atoms with Crippen LogP contribution >= 0.6 is 0 Å². The van der Waals surface area contributed by atoms with Gasteiger partial charge in [0.05, 0.1) is 17.3 Å². The monoisotopic (exact) mass is 359 g/mol. The molecule has 2 saturated heterocycles. The van der Waals surface area contributed by atoms with Crippen molar-refractivity contribution in [3.05, 3.63) is 23.8 Å². The van der Waals surface area contributed by atoms with Crippen LogP contribution in [0.3, 0.4) is 0 Å². The average molecular weight is 359 g/mol.